The van der Waals surface area contributed by atoms with Crippen LogP contribution in [0.5, 0.6) is 11.6 Å². The predicted octanol–water partition coefficient (Wildman–Crippen LogP) is 2.18. The van der Waals surface area contributed by atoms with Crippen LogP contribution in [0.15, 0.2) is 33.9 Å². The van der Waals surface area contributed by atoms with E-state index in [1.54, 1.807) is 18.2 Å². The number of aromatic nitrogens is 2. The SMILES string of the molecule is Cn1c(Oc2c(Cl)cccc2Cl)cc(=O)n(C)c1=O. The molecule has 0 atom stereocenters. The quantitative estimate of drug-likeness (QED) is 0.854. The summed E-state index contributed by atoms with van der Waals surface area (Å²) < 4.78 is 7.64. The van der Waals surface area contributed by atoms with Crippen molar-refractivity contribution < 1.29 is 4.74 Å². The third-order valence-electron chi connectivity index (χ3n) is 2.61. The van der Waals surface area contributed by atoms with Gasteiger partial charge in [0.2, 0.25) is 5.88 Å². The lowest BCUT2D eigenvalue weighted by molar-refractivity contribution is 0.424. The first kappa shape index (κ1) is 13.7. The maximum absolute atomic E-state index is 11.8. The second-order valence-corrected chi connectivity index (χ2v) is 4.69. The van der Waals surface area contributed by atoms with Crippen LogP contribution in [0.3, 0.4) is 0 Å². The Hall–Kier alpha value is -1.72. The minimum absolute atomic E-state index is 0.0723. The van der Waals surface area contributed by atoms with Gasteiger partial charge < -0.3 is 4.74 Å². The van der Waals surface area contributed by atoms with Gasteiger partial charge in [0, 0.05) is 14.1 Å². The molecule has 0 aliphatic rings. The molecule has 1 aromatic heterocycles. The third kappa shape index (κ3) is 2.52. The number of ether oxygens (including phenoxy) is 1. The molecule has 0 saturated heterocycles. The molecule has 0 aliphatic carbocycles. The molecule has 0 saturated carbocycles. The molecule has 2 aromatic rings. The minimum Gasteiger partial charge on any atom is -0.437 e. The van der Waals surface area contributed by atoms with Crippen LogP contribution < -0.4 is 16.0 Å². The average molecular weight is 301 g/mol. The van der Waals surface area contributed by atoms with Gasteiger partial charge >= 0.3 is 5.69 Å². The summed E-state index contributed by atoms with van der Waals surface area (Å²) >= 11 is 11.9. The molecule has 7 heteroatoms. The summed E-state index contributed by atoms with van der Waals surface area (Å²) in [5.41, 5.74) is -0.966. The number of rotatable bonds is 2. The maximum Gasteiger partial charge on any atom is 0.333 e. The van der Waals surface area contributed by atoms with Crippen molar-refractivity contribution in [2.24, 2.45) is 14.1 Å². The first-order valence-electron chi connectivity index (χ1n) is 5.30. The van der Waals surface area contributed by atoms with Gasteiger partial charge in [0.25, 0.3) is 5.56 Å². The molecule has 0 radical (unpaired) electrons. The summed E-state index contributed by atoms with van der Waals surface area (Å²) in [4.78, 5) is 23.3. The van der Waals surface area contributed by atoms with Crippen LogP contribution in [0.25, 0.3) is 0 Å². The van der Waals surface area contributed by atoms with Crippen LogP contribution in [0, 0.1) is 0 Å². The van der Waals surface area contributed by atoms with Crippen molar-refractivity contribution in [3.8, 4) is 11.6 Å². The van der Waals surface area contributed by atoms with Crippen LogP contribution in [0.2, 0.25) is 10.0 Å². The number of hydrogen-bond donors (Lipinski definition) is 0. The topological polar surface area (TPSA) is 53.2 Å². The summed E-state index contributed by atoms with van der Waals surface area (Å²) in [6.45, 7) is 0. The summed E-state index contributed by atoms with van der Waals surface area (Å²) in [7, 11) is 2.87. The Morgan fingerprint density at radius 3 is 2.21 bits per heavy atom. The first-order chi connectivity index (χ1) is 8.91. The highest BCUT2D eigenvalue weighted by atomic mass is 35.5. The number of para-hydroxylation sites is 1. The lowest BCUT2D eigenvalue weighted by atomic mass is 10.3. The number of benzene rings is 1. The van der Waals surface area contributed by atoms with Crippen LogP contribution in [-0.2, 0) is 14.1 Å². The average Bonchev–Trinajstić information content (AvgIpc) is 2.37. The smallest absolute Gasteiger partial charge is 0.333 e. The van der Waals surface area contributed by atoms with Crippen molar-refractivity contribution in [3.05, 3.63) is 55.1 Å². The molecule has 2 rings (SSSR count). The van der Waals surface area contributed by atoms with Gasteiger partial charge in [-0.15, -0.1) is 0 Å². The van der Waals surface area contributed by atoms with E-state index in [1.807, 2.05) is 0 Å². The van der Waals surface area contributed by atoms with E-state index in [-0.39, 0.29) is 11.6 Å². The van der Waals surface area contributed by atoms with Gasteiger partial charge in [-0.3, -0.25) is 13.9 Å². The van der Waals surface area contributed by atoms with Gasteiger partial charge in [-0.05, 0) is 12.1 Å². The lowest BCUT2D eigenvalue weighted by Gasteiger charge is -2.12. The number of hydrogen-bond acceptors (Lipinski definition) is 3. The predicted molar refractivity (Wildman–Crippen MR) is 73.5 cm³/mol. The van der Waals surface area contributed by atoms with Crippen LogP contribution >= 0.6 is 23.2 Å². The van der Waals surface area contributed by atoms with Crippen molar-refractivity contribution in [2.75, 3.05) is 0 Å². The Labute approximate surface area is 118 Å². The van der Waals surface area contributed by atoms with E-state index < -0.39 is 11.2 Å². The molecule has 0 fully saturated rings. The van der Waals surface area contributed by atoms with E-state index in [0.717, 1.165) is 4.57 Å². The van der Waals surface area contributed by atoms with Crippen molar-refractivity contribution in [2.45, 2.75) is 0 Å². The van der Waals surface area contributed by atoms with Gasteiger partial charge in [0.05, 0.1) is 16.1 Å². The minimum atomic E-state index is -0.495. The Balaban J connectivity index is 2.57. The normalized spacial score (nSPS) is 10.5. The van der Waals surface area contributed by atoms with Gasteiger partial charge in [-0.1, -0.05) is 29.3 Å². The highest BCUT2D eigenvalue weighted by Crippen LogP contribution is 2.35. The Kier molecular flexibility index (Phi) is 3.68. The molecule has 19 heavy (non-hydrogen) atoms. The largest absolute Gasteiger partial charge is 0.437 e. The van der Waals surface area contributed by atoms with Crippen molar-refractivity contribution in [1.29, 1.82) is 0 Å². The van der Waals surface area contributed by atoms with Crippen molar-refractivity contribution in [1.82, 2.24) is 9.13 Å². The molecule has 0 N–H and O–H groups in total. The summed E-state index contributed by atoms with van der Waals surface area (Å²) in [5.74, 6) is 0.275. The Bertz CT molecular complexity index is 729. The second-order valence-electron chi connectivity index (χ2n) is 3.87. The van der Waals surface area contributed by atoms with Crippen LogP contribution in [0.4, 0.5) is 0 Å². The molecule has 0 bridgehead atoms. The molecule has 100 valence electrons. The molecule has 5 nitrogen and oxygen atoms in total. The first-order valence-corrected chi connectivity index (χ1v) is 6.06. The van der Waals surface area contributed by atoms with E-state index in [9.17, 15) is 9.59 Å². The molecule has 1 aromatic carbocycles. The molecule has 0 amide bonds. The van der Waals surface area contributed by atoms with E-state index in [0.29, 0.717) is 10.0 Å². The Morgan fingerprint density at radius 2 is 1.63 bits per heavy atom. The molecular weight excluding hydrogens is 291 g/mol. The highest BCUT2D eigenvalue weighted by molar-refractivity contribution is 6.37. The Morgan fingerprint density at radius 1 is 1.05 bits per heavy atom. The fourth-order valence-corrected chi connectivity index (χ4v) is 1.97. The molecule has 1 heterocycles. The molecular formula is C12H10Cl2N2O3. The van der Waals surface area contributed by atoms with Gasteiger partial charge in [0.15, 0.2) is 5.75 Å². The maximum atomic E-state index is 11.8. The third-order valence-corrected chi connectivity index (χ3v) is 3.20. The van der Waals surface area contributed by atoms with E-state index in [2.05, 4.69) is 0 Å². The standard InChI is InChI=1S/C12H10Cl2N2O3/c1-15-9(17)6-10(16(2)12(15)18)19-11-7(13)4-3-5-8(11)14/h3-6H,1-2H3. The van der Waals surface area contributed by atoms with E-state index >= 15 is 0 Å². The summed E-state index contributed by atoms with van der Waals surface area (Å²) in [6, 6.07) is 6.06. The zero-order valence-electron chi connectivity index (χ0n) is 10.2. The zero-order valence-corrected chi connectivity index (χ0v) is 11.7. The second kappa shape index (κ2) is 5.11. The highest BCUT2D eigenvalue weighted by Gasteiger charge is 2.12. The summed E-state index contributed by atoms with van der Waals surface area (Å²) in [5, 5.41) is 0.584. The van der Waals surface area contributed by atoms with Gasteiger partial charge in [0.1, 0.15) is 0 Å². The molecule has 0 aliphatic heterocycles. The number of halogens is 2. The monoisotopic (exact) mass is 300 g/mol. The van der Waals surface area contributed by atoms with E-state index in [1.165, 1.54) is 24.7 Å². The fourth-order valence-electron chi connectivity index (χ4n) is 1.50. The summed E-state index contributed by atoms with van der Waals surface area (Å²) in [6.07, 6.45) is 0. The van der Waals surface area contributed by atoms with Crippen molar-refractivity contribution >= 4 is 23.2 Å². The van der Waals surface area contributed by atoms with Crippen molar-refractivity contribution in [3.63, 3.8) is 0 Å². The van der Waals surface area contributed by atoms with Crippen LogP contribution in [-0.4, -0.2) is 9.13 Å². The molecule has 0 spiro atoms. The number of nitrogens with zero attached hydrogens (tertiary/aromatic N) is 2. The van der Waals surface area contributed by atoms with Gasteiger partial charge in [-0.2, -0.15) is 0 Å². The molecule has 0 unspecified atom stereocenters. The van der Waals surface area contributed by atoms with Gasteiger partial charge in [-0.25, -0.2) is 4.79 Å². The van der Waals surface area contributed by atoms with E-state index in [4.69, 9.17) is 27.9 Å². The lowest BCUT2D eigenvalue weighted by Crippen LogP contribution is -2.36. The zero-order chi connectivity index (χ0) is 14.2. The fraction of sp³-hybridized carbons (Fsp3) is 0.167. The van der Waals surface area contributed by atoms with Crippen LogP contribution in [0.1, 0.15) is 0 Å².